The molecule has 0 atom stereocenters. The number of rotatable bonds is 5. The number of quaternary nitrogens is 2. The van der Waals surface area contributed by atoms with Crippen molar-refractivity contribution in [2.75, 3.05) is 34.0 Å². The second-order valence-electron chi connectivity index (χ2n) is 4.43. The standard InChI is InChI=1S/C12H18N2O2/c1-14(2)6-5-13-8-10-3-4-11-12(7-10)16-9-15-11/h3-4,7,13H,5-6,8-9H2,1-2H3/p+2. The van der Waals surface area contributed by atoms with Crippen LogP contribution in [0.5, 0.6) is 11.5 Å². The highest BCUT2D eigenvalue weighted by Gasteiger charge is 2.13. The fourth-order valence-corrected chi connectivity index (χ4v) is 1.73. The maximum atomic E-state index is 5.34. The van der Waals surface area contributed by atoms with Gasteiger partial charge in [0.2, 0.25) is 6.79 Å². The first-order valence-corrected chi connectivity index (χ1v) is 5.75. The third kappa shape index (κ3) is 2.87. The average Bonchev–Trinajstić information content (AvgIpc) is 2.71. The monoisotopic (exact) mass is 224 g/mol. The summed E-state index contributed by atoms with van der Waals surface area (Å²) in [6.07, 6.45) is 0. The van der Waals surface area contributed by atoms with Crippen LogP contribution in [0.2, 0.25) is 0 Å². The van der Waals surface area contributed by atoms with Crippen LogP contribution in [0, 0.1) is 0 Å². The van der Waals surface area contributed by atoms with Gasteiger partial charge in [0.15, 0.2) is 11.5 Å². The van der Waals surface area contributed by atoms with Gasteiger partial charge in [-0.3, -0.25) is 0 Å². The third-order valence-electron chi connectivity index (χ3n) is 2.67. The summed E-state index contributed by atoms with van der Waals surface area (Å²) >= 11 is 0. The van der Waals surface area contributed by atoms with E-state index in [0.717, 1.165) is 24.6 Å². The van der Waals surface area contributed by atoms with Gasteiger partial charge in [0.25, 0.3) is 0 Å². The number of ether oxygens (including phenoxy) is 2. The summed E-state index contributed by atoms with van der Waals surface area (Å²) in [7, 11) is 4.35. The Morgan fingerprint density at radius 1 is 1.25 bits per heavy atom. The molecule has 0 radical (unpaired) electrons. The van der Waals surface area contributed by atoms with Gasteiger partial charge >= 0.3 is 0 Å². The van der Waals surface area contributed by atoms with Gasteiger partial charge in [0, 0.05) is 5.56 Å². The number of hydrogen-bond donors (Lipinski definition) is 2. The fraction of sp³-hybridized carbons (Fsp3) is 0.500. The van der Waals surface area contributed by atoms with Gasteiger partial charge in [-0.1, -0.05) is 0 Å². The minimum absolute atomic E-state index is 0.354. The molecular weight excluding hydrogens is 204 g/mol. The Bertz CT molecular complexity index is 353. The van der Waals surface area contributed by atoms with E-state index >= 15 is 0 Å². The summed E-state index contributed by atoms with van der Waals surface area (Å²) in [6.45, 7) is 3.69. The molecule has 16 heavy (non-hydrogen) atoms. The highest BCUT2D eigenvalue weighted by molar-refractivity contribution is 5.44. The van der Waals surface area contributed by atoms with Crippen molar-refractivity contribution in [3.8, 4) is 11.5 Å². The Kier molecular flexibility index (Phi) is 3.64. The Balaban J connectivity index is 1.81. The molecule has 4 nitrogen and oxygen atoms in total. The van der Waals surface area contributed by atoms with Crippen LogP contribution in [-0.4, -0.2) is 34.0 Å². The van der Waals surface area contributed by atoms with Crippen LogP contribution in [0.3, 0.4) is 0 Å². The molecule has 1 aromatic rings. The van der Waals surface area contributed by atoms with E-state index < -0.39 is 0 Å². The summed E-state index contributed by atoms with van der Waals surface area (Å²) in [5.74, 6) is 1.74. The van der Waals surface area contributed by atoms with Crippen LogP contribution in [0.4, 0.5) is 0 Å². The largest absolute Gasteiger partial charge is 0.454 e. The first kappa shape index (κ1) is 11.2. The summed E-state index contributed by atoms with van der Waals surface area (Å²) in [5, 5.41) is 2.32. The maximum absolute atomic E-state index is 5.34. The maximum Gasteiger partial charge on any atom is 0.231 e. The minimum Gasteiger partial charge on any atom is -0.454 e. The van der Waals surface area contributed by atoms with Crippen molar-refractivity contribution in [3.63, 3.8) is 0 Å². The van der Waals surface area contributed by atoms with Crippen LogP contribution < -0.4 is 19.7 Å². The Hall–Kier alpha value is -1.26. The lowest BCUT2D eigenvalue weighted by Crippen LogP contribution is -3.09. The lowest BCUT2D eigenvalue weighted by molar-refractivity contribution is -0.875. The number of fused-ring (bicyclic) bond motifs is 1. The van der Waals surface area contributed by atoms with E-state index in [1.807, 2.05) is 6.07 Å². The molecule has 1 aliphatic rings. The molecule has 2 rings (SSSR count). The second kappa shape index (κ2) is 5.18. The zero-order valence-corrected chi connectivity index (χ0v) is 9.95. The third-order valence-corrected chi connectivity index (χ3v) is 2.67. The predicted molar refractivity (Wildman–Crippen MR) is 60.7 cm³/mol. The van der Waals surface area contributed by atoms with Gasteiger partial charge in [0.1, 0.15) is 19.6 Å². The number of hydrogen-bond acceptors (Lipinski definition) is 2. The molecule has 88 valence electrons. The fourth-order valence-electron chi connectivity index (χ4n) is 1.73. The Morgan fingerprint density at radius 2 is 2.06 bits per heavy atom. The summed E-state index contributed by atoms with van der Waals surface area (Å²) in [6, 6.07) is 6.16. The molecule has 0 saturated carbocycles. The quantitative estimate of drug-likeness (QED) is 0.605. The summed E-state index contributed by atoms with van der Waals surface area (Å²) < 4.78 is 10.6. The zero-order chi connectivity index (χ0) is 11.4. The van der Waals surface area contributed by atoms with E-state index in [0.29, 0.717) is 6.79 Å². The van der Waals surface area contributed by atoms with Gasteiger partial charge in [0.05, 0.1) is 14.1 Å². The number of likely N-dealkylation sites (N-methyl/N-ethyl adjacent to an activating group) is 1. The van der Waals surface area contributed by atoms with E-state index in [2.05, 4.69) is 31.5 Å². The lowest BCUT2D eigenvalue weighted by atomic mass is 10.2. The van der Waals surface area contributed by atoms with Crippen molar-refractivity contribution >= 4 is 0 Å². The van der Waals surface area contributed by atoms with Gasteiger partial charge < -0.3 is 19.7 Å². The second-order valence-corrected chi connectivity index (χ2v) is 4.43. The summed E-state index contributed by atoms with van der Waals surface area (Å²) in [4.78, 5) is 1.49. The van der Waals surface area contributed by atoms with Crippen molar-refractivity contribution in [2.24, 2.45) is 0 Å². The van der Waals surface area contributed by atoms with Gasteiger partial charge in [-0.2, -0.15) is 0 Å². The van der Waals surface area contributed by atoms with Crippen LogP contribution in [0.25, 0.3) is 0 Å². The predicted octanol–water partition coefficient (Wildman–Crippen LogP) is -1.38. The molecule has 0 unspecified atom stereocenters. The highest BCUT2D eigenvalue weighted by atomic mass is 16.7. The van der Waals surface area contributed by atoms with E-state index in [9.17, 15) is 0 Å². The Morgan fingerprint density at radius 3 is 2.88 bits per heavy atom. The Labute approximate surface area is 96.2 Å². The van der Waals surface area contributed by atoms with Crippen molar-refractivity contribution in [3.05, 3.63) is 23.8 Å². The number of benzene rings is 1. The first-order valence-electron chi connectivity index (χ1n) is 5.75. The van der Waals surface area contributed by atoms with E-state index in [1.165, 1.54) is 17.0 Å². The van der Waals surface area contributed by atoms with Gasteiger partial charge in [-0.15, -0.1) is 0 Å². The minimum atomic E-state index is 0.354. The highest BCUT2D eigenvalue weighted by Crippen LogP contribution is 2.32. The molecule has 1 aromatic carbocycles. The number of nitrogens with two attached hydrogens (primary N) is 1. The van der Waals surface area contributed by atoms with Crippen LogP contribution in [-0.2, 0) is 6.54 Å². The van der Waals surface area contributed by atoms with Crippen molar-refractivity contribution in [1.29, 1.82) is 0 Å². The summed E-state index contributed by atoms with van der Waals surface area (Å²) in [5.41, 5.74) is 1.29. The molecule has 0 spiro atoms. The molecular formula is C12H20N2O2+2. The van der Waals surface area contributed by atoms with Crippen LogP contribution in [0.15, 0.2) is 18.2 Å². The topological polar surface area (TPSA) is 39.5 Å². The molecule has 0 aromatic heterocycles. The van der Waals surface area contributed by atoms with Crippen molar-refractivity contribution in [2.45, 2.75) is 6.54 Å². The van der Waals surface area contributed by atoms with E-state index in [1.54, 1.807) is 0 Å². The lowest BCUT2D eigenvalue weighted by Gasteiger charge is -2.06. The molecule has 4 heteroatoms. The molecule has 3 N–H and O–H groups in total. The molecule has 0 fully saturated rings. The molecule has 0 amide bonds. The number of nitrogens with one attached hydrogen (secondary N) is 1. The van der Waals surface area contributed by atoms with E-state index in [-0.39, 0.29) is 0 Å². The van der Waals surface area contributed by atoms with Crippen LogP contribution >= 0.6 is 0 Å². The SMILES string of the molecule is C[NH+](C)CC[NH2+]Cc1ccc2c(c1)OCO2. The van der Waals surface area contributed by atoms with Gasteiger partial charge in [-0.25, -0.2) is 0 Å². The van der Waals surface area contributed by atoms with E-state index in [4.69, 9.17) is 9.47 Å². The molecule has 1 aliphatic heterocycles. The molecule has 1 heterocycles. The first-order chi connectivity index (χ1) is 7.75. The molecule has 0 bridgehead atoms. The van der Waals surface area contributed by atoms with Gasteiger partial charge in [-0.05, 0) is 18.2 Å². The average molecular weight is 224 g/mol. The smallest absolute Gasteiger partial charge is 0.231 e. The van der Waals surface area contributed by atoms with Crippen LogP contribution in [0.1, 0.15) is 5.56 Å². The van der Waals surface area contributed by atoms with Crippen molar-refractivity contribution < 1.29 is 19.7 Å². The molecule has 0 aliphatic carbocycles. The molecule has 0 saturated heterocycles. The van der Waals surface area contributed by atoms with Crippen molar-refractivity contribution in [1.82, 2.24) is 0 Å². The zero-order valence-electron chi connectivity index (χ0n) is 9.95. The normalized spacial score (nSPS) is 13.4.